The second-order valence-corrected chi connectivity index (χ2v) is 7.38. The second kappa shape index (κ2) is 7.33. The zero-order valence-electron chi connectivity index (χ0n) is 13.7. The summed E-state index contributed by atoms with van der Waals surface area (Å²) in [6.45, 7) is 0. The van der Waals surface area contributed by atoms with E-state index in [1.807, 2.05) is 17.5 Å². The summed E-state index contributed by atoms with van der Waals surface area (Å²) in [5.74, 6) is -0.724. The first-order valence-electron chi connectivity index (χ1n) is 7.81. The number of thioether (sulfide) groups is 1. The van der Waals surface area contributed by atoms with E-state index in [0.29, 0.717) is 22.1 Å². The summed E-state index contributed by atoms with van der Waals surface area (Å²) >= 11 is 2.63. The Bertz CT molecular complexity index is 1170. The van der Waals surface area contributed by atoms with Gasteiger partial charge >= 0.3 is 0 Å². The van der Waals surface area contributed by atoms with E-state index < -0.39 is 5.82 Å². The van der Waals surface area contributed by atoms with Crippen LogP contribution in [-0.2, 0) is 4.79 Å². The van der Waals surface area contributed by atoms with Gasteiger partial charge in [0.15, 0.2) is 0 Å². The Morgan fingerprint density at radius 2 is 2.19 bits per heavy atom. The van der Waals surface area contributed by atoms with Gasteiger partial charge in [0.2, 0.25) is 11.1 Å². The Balaban J connectivity index is 1.54. The summed E-state index contributed by atoms with van der Waals surface area (Å²) < 4.78 is 14.6. The number of amides is 1. The van der Waals surface area contributed by atoms with Crippen molar-refractivity contribution in [2.24, 2.45) is 0 Å². The molecule has 2 N–H and O–H groups in total. The number of benzene rings is 1. The van der Waals surface area contributed by atoms with Gasteiger partial charge in [-0.3, -0.25) is 9.59 Å². The van der Waals surface area contributed by atoms with Gasteiger partial charge in [0.25, 0.3) is 5.56 Å². The van der Waals surface area contributed by atoms with Crippen molar-refractivity contribution < 1.29 is 9.18 Å². The van der Waals surface area contributed by atoms with Gasteiger partial charge in [-0.15, -0.1) is 16.4 Å². The number of nitrogens with one attached hydrogen (secondary N) is 2. The Kier molecular flexibility index (Phi) is 4.73. The molecule has 0 saturated carbocycles. The molecular weight excluding hydrogens is 389 g/mol. The maximum Gasteiger partial charge on any atom is 0.290 e. The molecule has 1 aromatic carbocycles. The standard InChI is InChI=1S/C17H12FN5O2S2/c18-10-3-1-4-11(7-10)19-15(24)9-27-17-21-20-16(25)13-8-12(22-23(13)17)14-5-2-6-26-14/h1-8H,9H2,(H,19,24)(H,20,25). The van der Waals surface area contributed by atoms with E-state index in [2.05, 4.69) is 20.6 Å². The summed E-state index contributed by atoms with van der Waals surface area (Å²) in [6.07, 6.45) is 0. The average Bonchev–Trinajstić information content (AvgIpc) is 3.31. The van der Waals surface area contributed by atoms with Gasteiger partial charge in [-0.1, -0.05) is 23.9 Å². The number of carbonyl (C=O) groups is 1. The van der Waals surface area contributed by atoms with Crippen LogP contribution in [0.3, 0.4) is 0 Å². The highest BCUT2D eigenvalue weighted by atomic mass is 32.2. The molecule has 0 atom stereocenters. The summed E-state index contributed by atoms with van der Waals surface area (Å²) in [5.41, 5.74) is 1.02. The minimum absolute atomic E-state index is 0.0266. The number of nitrogens with zero attached hydrogens (tertiary/aromatic N) is 3. The van der Waals surface area contributed by atoms with Gasteiger partial charge in [0.05, 0.1) is 10.6 Å². The third kappa shape index (κ3) is 3.76. The number of hydrogen-bond donors (Lipinski definition) is 2. The summed E-state index contributed by atoms with van der Waals surface area (Å²) in [7, 11) is 0. The number of H-pyrrole nitrogens is 1. The molecule has 0 unspecified atom stereocenters. The minimum atomic E-state index is -0.429. The van der Waals surface area contributed by atoms with E-state index in [1.54, 1.807) is 12.1 Å². The van der Waals surface area contributed by atoms with E-state index in [1.165, 1.54) is 34.1 Å². The molecule has 4 aromatic rings. The lowest BCUT2D eigenvalue weighted by atomic mass is 10.3. The number of aromatic amines is 1. The van der Waals surface area contributed by atoms with E-state index in [0.717, 1.165) is 16.6 Å². The molecule has 0 aliphatic heterocycles. The van der Waals surface area contributed by atoms with Crippen LogP contribution < -0.4 is 10.9 Å². The van der Waals surface area contributed by atoms with Crippen LogP contribution >= 0.6 is 23.1 Å². The van der Waals surface area contributed by atoms with Gasteiger partial charge in [0, 0.05) is 5.69 Å². The quantitative estimate of drug-likeness (QED) is 0.502. The van der Waals surface area contributed by atoms with Crippen molar-refractivity contribution in [3.63, 3.8) is 0 Å². The number of anilines is 1. The summed E-state index contributed by atoms with van der Waals surface area (Å²) in [4.78, 5) is 25.1. The third-order valence-electron chi connectivity index (χ3n) is 3.59. The fourth-order valence-electron chi connectivity index (χ4n) is 2.42. The molecule has 0 bridgehead atoms. The molecule has 0 saturated heterocycles. The van der Waals surface area contributed by atoms with E-state index >= 15 is 0 Å². The Morgan fingerprint density at radius 3 is 2.96 bits per heavy atom. The van der Waals surface area contributed by atoms with Crippen molar-refractivity contribution >= 4 is 40.2 Å². The van der Waals surface area contributed by atoms with Crippen molar-refractivity contribution in [2.45, 2.75) is 5.16 Å². The first-order valence-corrected chi connectivity index (χ1v) is 9.67. The van der Waals surface area contributed by atoms with Crippen LogP contribution in [0.25, 0.3) is 16.1 Å². The number of rotatable bonds is 5. The zero-order chi connectivity index (χ0) is 18.8. The van der Waals surface area contributed by atoms with Crippen molar-refractivity contribution in [2.75, 3.05) is 11.1 Å². The van der Waals surface area contributed by atoms with Crippen molar-refractivity contribution in [1.29, 1.82) is 0 Å². The molecule has 4 rings (SSSR count). The lowest BCUT2D eigenvalue weighted by molar-refractivity contribution is -0.113. The highest BCUT2D eigenvalue weighted by Crippen LogP contribution is 2.25. The monoisotopic (exact) mass is 401 g/mol. The van der Waals surface area contributed by atoms with Crippen LogP contribution in [0.1, 0.15) is 0 Å². The summed E-state index contributed by atoms with van der Waals surface area (Å²) in [6, 6.07) is 11.1. The normalized spacial score (nSPS) is 11.0. The molecule has 0 spiro atoms. The Hall–Kier alpha value is -2.98. The number of carbonyl (C=O) groups excluding carboxylic acids is 1. The molecule has 0 fully saturated rings. The van der Waals surface area contributed by atoms with Gasteiger partial charge in [-0.05, 0) is 35.7 Å². The molecule has 10 heteroatoms. The molecule has 3 aromatic heterocycles. The molecule has 7 nitrogen and oxygen atoms in total. The van der Waals surface area contributed by atoms with Gasteiger partial charge in [-0.25, -0.2) is 14.0 Å². The van der Waals surface area contributed by atoms with E-state index in [4.69, 9.17) is 0 Å². The van der Waals surface area contributed by atoms with Crippen LogP contribution in [0.4, 0.5) is 10.1 Å². The highest BCUT2D eigenvalue weighted by Gasteiger charge is 2.14. The Labute approximate surface area is 160 Å². The minimum Gasteiger partial charge on any atom is -0.325 e. The fraction of sp³-hybridized carbons (Fsp3) is 0.0588. The van der Waals surface area contributed by atoms with E-state index in [-0.39, 0.29) is 17.2 Å². The average molecular weight is 401 g/mol. The van der Waals surface area contributed by atoms with Gasteiger partial charge in [0.1, 0.15) is 17.0 Å². The molecule has 0 radical (unpaired) electrons. The number of aromatic nitrogens is 4. The van der Waals surface area contributed by atoms with Crippen molar-refractivity contribution in [3.05, 3.63) is 64.0 Å². The molecule has 0 aliphatic rings. The van der Waals surface area contributed by atoms with Crippen LogP contribution in [0.2, 0.25) is 0 Å². The van der Waals surface area contributed by atoms with Gasteiger partial charge in [-0.2, -0.15) is 5.10 Å². The maximum absolute atomic E-state index is 13.2. The third-order valence-corrected chi connectivity index (χ3v) is 5.41. The number of halogens is 1. The topological polar surface area (TPSA) is 92.2 Å². The first kappa shape index (κ1) is 17.4. The SMILES string of the molecule is O=C(CSc1n[nH]c(=O)c2cc(-c3cccs3)nn12)Nc1cccc(F)c1. The van der Waals surface area contributed by atoms with Crippen LogP contribution in [0.15, 0.2) is 57.8 Å². The molecular formula is C17H12FN5O2S2. The number of fused-ring (bicyclic) bond motifs is 1. The predicted molar refractivity (Wildman–Crippen MR) is 103 cm³/mol. The maximum atomic E-state index is 13.2. The molecule has 1 amide bonds. The zero-order valence-corrected chi connectivity index (χ0v) is 15.3. The fourth-order valence-corrected chi connectivity index (χ4v) is 3.81. The second-order valence-electron chi connectivity index (χ2n) is 5.49. The largest absolute Gasteiger partial charge is 0.325 e. The lowest BCUT2D eigenvalue weighted by Gasteiger charge is -2.05. The molecule has 27 heavy (non-hydrogen) atoms. The lowest BCUT2D eigenvalue weighted by Crippen LogP contribution is -2.17. The van der Waals surface area contributed by atoms with Crippen LogP contribution in [-0.4, -0.2) is 31.5 Å². The van der Waals surface area contributed by atoms with Crippen molar-refractivity contribution in [1.82, 2.24) is 19.8 Å². The highest BCUT2D eigenvalue weighted by molar-refractivity contribution is 7.99. The predicted octanol–water partition coefficient (Wildman–Crippen LogP) is 3.02. The molecule has 136 valence electrons. The van der Waals surface area contributed by atoms with Crippen LogP contribution in [0.5, 0.6) is 0 Å². The number of thiophene rings is 1. The number of hydrogen-bond acceptors (Lipinski definition) is 6. The van der Waals surface area contributed by atoms with E-state index in [9.17, 15) is 14.0 Å². The summed E-state index contributed by atoms with van der Waals surface area (Å²) in [5, 5.41) is 15.7. The van der Waals surface area contributed by atoms with Crippen LogP contribution in [0, 0.1) is 5.82 Å². The molecule has 0 aliphatic carbocycles. The first-order chi connectivity index (χ1) is 13.1. The Morgan fingerprint density at radius 1 is 1.30 bits per heavy atom. The van der Waals surface area contributed by atoms with Crippen molar-refractivity contribution in [3.8, 4) is 10.6 Å². The smallest absolute Gasteiger partial charge is 0.290 e. The molecule has 3 heterocycles. The van der Waals surface area contributed by atoms with Gasteiger partial charge < -0.3 is 5.32 Å².